The maximum atomic E-state index is 13.5. The van der Waals surface area contributed by atoms with Crippen LogP contribution in [-0.4, -0.2) is 78.7 Å². The molecule has 0 saturated carbocycles. The van der Waals surface area contributed by atoms with Gasteiger partial charge in [-0.15, -0.1) is 11.3 Å². The Hall–Kier alpha value is -2.58. The highest BCUT2D eigenvalue weighted by Crippen LogP contribution is 2.34. The smallest absolute Gasteiger partial charge is 0.344 e. The zero-order valence-electron chi connectivity index (χ0n) is 26.1. The summed E-state index contributed by atoms with van der Waals surface area (Å²) in [6.45, 7) is 7.41. The van der Waals surface area contributed by atoms with Gasteiger partial charge < -0.3 is 9.80 Å². The van der Waals surface area contributed by atoms with Crippen LogP contribution in [0.1, 0.15) is 57.2 Å². The van der Waals surface area contributed by atoms with E-state index in [0.717, 1.165) is 55.9 Å². The van der Waals surface area contributed by atoms with E-state index in [0.29, 0.717) is 52.0 Å². The number of anilines is 1. The van der Waals surface area contributed by atoms with Crippen LogP contribution in [0.25, 0.3) is 11.3 Å². The number of aryl methyl sites for hydroxylation is 1. The van der Waals surface area contributed by atoms with Crippen molar-refractivity contribution >= 4 is 44.7 Å². The average Bonchev–Trinajstić information content (AvgIpc) is 3.70. The number of alkyl halides is 3. The summed E-state index contributed by atoms with van der Waals surface area (Å²) in [6.07, 6.45) is -1.07. The number of hydrogen-bond donors (Lipinski definition) is 0. The molecule has 2 aliphatic heterocycles. The molecule has 0 spiro atoms. The number of halogens is 4. The van der Waals surface area contributed by atoms with Crippen molar-refractivity contribution in [2.24, 2.45) is 5.92 Å². The number of Topliss-reactive ketones (excluding diaryl/α,β-unsaturated/α-hetero) is 1. The number of ketones is 1. The van der Waals surface area contributed by atoms with Crippen molar-refractivity contribution in [3.8, 4) is 11.3 Å². The Morgan fingerprint density at radius 1 is 1.07 bits per heavy atom. The molecular formula is C32H39ClF3N5O3S2. The lowest BCUT2D eigenvalue weighted by Gasteiger charge is -2.36. The molecule has 1 aromatic carbocycles. The lowest BCUT2D eigenvalue weighted by molar-refractivity contribution is -0.137. The second-order valence-electron chi connectivity index (χ2n) is 12.4. The third-order valence-electron chi connectivity index (χ3n) is 8.84. The maximum Gasteiger partial charge on any atom is 0.416 e. The van der Waals surface area contributed by atoms with E-state index in [1.807, 2.05) is 11.9 Å². The van der Waals surface area contributed by atoms with Crippen LogP contribution >= 0.6 is 22.9 Å². The number of rotatable bonds is 11. The van der Waals surface area contributed by atoms with Gasteiger partial charge in [-0.3, -0.25) is 4.79 Å². The van der Waals surface area contributed by atoms with Crippen molar-refractivity contribution in [2.45, 2.75) is 74.8 Å². The number of benzene rings is 1. The molecule has 0 bridgehead atoms. The second kappa shape index (κ2) is 14.3. The minimum Gasteiger partial charge on any atom is -0.344 e. The number of piperidine rings is 1. The molecule has 8 nitrogen and oxygen atoms in total. The minimum atomic E-state index is -4.45. The standard InChI is InChI=1S/C32H39ClF3N5O3S2/c1-21(2)40-17-14-22(15-18-40)20-39(3)31-37-25(19-26(38-31)23-6-8-24(9-7-23)32(34,35)36)10-11-28(42)27-5-4-16-41(27)46(43,44)30-13-12-29(33)45-30/h6-9,12-13,19,21-22,27H,4-5,10-11,14-18,20H2,1-3H3/t27-/m0/s1. The van der Waals surface area contributed by atoms with Crippen LogP contribution in [0.2, 0.25) is 4.34 Å². The molecule has 250 valence electrons. The van der Waals surface area contributed by atoms with Gasteiger partial charge in [-0.25, -0.2) is 18.4 Å². The number of carbonyl (C=O) groups excluding carboxylic acids is 1. The van der Waals surface area contributed by atoms with Crippen LogP contribution in [0.3, 0.4) is 0 Å². The van der Waals surface area contributed by atoms with Crippen molar-refractivity contribution in [2.75, 3.05) is 38.1 Å². The predicted molar refractivity (Wildman–Crippen MR) is 175 cm³/mol. The Kier molecular flexibility index (Phi) is 10.8. The van der Waals surface area contributed by atoms with Gasteiger partial charge >= 0.3 is 6.18 Å². The molecule has 14 heteroatoms. The molecule has 0 N–H and O–H groups in total. The summed E-state index contributed by atoms with van der Waals surface area (Å²) in [5.41, 5.74) is 0.780. The number of hydrogen-bond acceptors (Lipinski definition) is 8. The van der Waals surface area contributed by atoms with Gasteiger partial charge in [0, 0.05) is 43.9 Å². The van der Waals surface area contributed by atoms with Crippen molar-refractivity contribution in [1.29, 1.82) is 0 Å². The van der Waals surface area contributed by atoms with Crippen LogP contribution in [0.4, 0.5) is 19.1 Å². The molecule has 0 amide bonds. The fraction of sp³-hybridized carbons (Fsp3) is 0.531. The van der Waals surface area contributed by atoms with Gasteiger partial charge in [-0.05, 0) is 95.3 Å². The predicted octanol–water partition coefficient (Wildman–Crippen LogP) is 6.79. The van der Waals surface area contributed by atoms with Gasteiger partial charge in [0.25, 0.3) is 10.0 Å². The number of aromatic nitrogens is 2. The molecule has 0 radical (unpaired) electrons. The van der Waals surface area contributed by atoms with E-state index in [9.17, 15) is 26.4 Å². The summed E-state index contributed by atoms with van der Waals surface area (Å²) >= 11 is 6.95. The number of thiophene rings is 1. The van der Waals surface area contributed by atoms with Crippen molar-refractivity contribution in [1.82, 2.24) is 19.2 Å². The van der Waals surface area contributed by atoms with Crippen LogP contribution in [-0.2, 0) is 27.4 Å². The molecule has 46 heavy (non-hydrogen) atoms. The van der Waals surface area contributed by atoms with Crippen LogP contribution < -0.4 is 4.90 Å². The van der Waals surface area contributed by atoms with E-state index >= 15 is 0 Å². The van der Waals surface area contributed by atoms with E-state index in [1.54, 1.807) is 6.07 Å². The number of likely N-dealkylation sites (tertiary alicyclic amines) is 1. The van der Waals surface area contributed by atoms with Crippen LogP contribution in [0.5, 0.6) is 0 Å². The first kappa shape index (κ1) is 34.7. The number of carbonyl (C=O) groups is 1. The molecule has 3 aromatic rings. The van der Waals surface area contributed by atoms with Gasteiger partial charge in [-0.1, -0.05) is 23.7 Å². The summed E-state index contributed by atoms with van der Waals surface area (Å²) < 4.78 is 68.0. The highest BCUT2D eigenvalue weighted by molar-refractivity contribution is 7.91. The molecule has 4 heterocycles. The van der Waals surface area contributed by atoms with Gasteiger partial charge in [0.1, 0.15) is 4.21 Å². The topological polar surface area (TPSA) is 86.7 Å². The molecule has 1 atom stereocenters. The van der Waals surface area contributed by atoms with E-state index in [1.165, 1.54) is 28.6 Å². The van der Waals surface area contributed by atoms with Gasteiger partial charge in [0.2, 0.25) is 5.95 Å². The quantitative estimate of drug-likeness (QED) is 0.218. The summed E-state index contributed by atoms with van der Waals surface area (Å²) in [4.78, 5) is 27.4. The fourth-order valence-corrected chi connectivity index (χ4v) is 9.49. The Bertz CT molecular complexity index is 1620. The van der Waals surface area contributed by atoms with E-state index in [2.05, 4.69) is 18.7 Å². The highest BCUT2D eigenvalue weighted by atomic mass is 35.5. The molecule has 0 unspecified atom stereocenters. The minimum absolute atomic E-state index is 0.0577. The first-order valence-electron chi connectivity index (χ1n) is 15.5. The lowest BCUT2D eigenvalue weighted by Crippen LogP contribution is -2.41. The molecule has 2 saturated heterocycles. The zero-order valence-corrected chi connectivity index (χ0v) is 28.5. The molecule has 2 aromatic heterocycles. The summed E-state index contributed by atoms with van der Waals surface area (Å²) in [5, 5.41) is 0. The lowest BCUT2D eigenvalue weighted by atomic mass is 9.95. The third-order valence-corrected chi connectivity index (χ3v) is 12.4. The first-order valence-corrected chi connectivity index (χ1v) is 18.2. The summed E-state index contributed by atoms with van der Waals surface area (Å²) in [5.74, 6) is 0.674. The number of nitrogens with zero attached hydrogens (tertiary/aromatic N) is 5. The second-order valence-corrected chi connectivity index (χ2v) is 16.2. The SMILES string of the molecule is CC(C)N1CCC(CN(C)c2nc(CCC(=O)[C@@H]3CCCN3S(=O)(=O)c3ccc(Cl)s3)cc(-c3ccc(C(F)(F)F)cc3)n2)CC1. The Labute approximate surface area is 277 Å². The molecule has 2 aliphatic rings. The van der Waals surface area contributed by atoms with Gasteiger partial charge in [-0.2, -0.15) is 17.5 Å². The Morgan fingerprint density at radius 3 is 2.37 bits per heavy atom. The third kappa shape index (κ3) is 8.10. The van der Waals surface area contributed by atoms with E-state index in [-0.39, 0.29) is 29.4 Å². The van der Waals surface area contributed by atoms with Crippen LogP contribution in [0, 0.1) is 5.92 Å². The monoisotopic (exact) mass is 697 g/mol. The molecule has 0 aliphatic carbocycles. The van der Waals surface area contributed by atoms with E-state index in [4.69, 9.17) is 21.6 Å². The highest BCUT2D eigenvalue weighted by Gasteiger charge is 2.39. The van der Waals surface area contributed by atoms with Crippen molar-refractivity contribution in [3.05, 3.63) is 58.1 Å². The first-order chi connectivity index (χ1) is 21.7. The average molecular weight is 698 g/mol. The largest absolute Gasteiger partial charge is 0.416 e. The summed E-state index contributed by atoms with van der Waals surface area (Å²) in [6, 6.07) is 9.25. The van der Waals surface area contributed by atoms with Crippen molar-refractivity contribution in [3.63, 3.8) is 0 Å². The molecular weight excluding hydrogens is 659 g/mol. The van der Waals surface area contributed by atoms with E-state index < -0.39 is 27.8 Å². The van der Waals surface area contributed by atoms with Crippen molar-refractivity contribution < 1.29 is 26.4 Å². The zero-order chi connectivity index (χ0) is 33.2. The number of sulfonamides is 1. The summed E-state index contributed by atoms with van der Waals surface area (Å²) in [7, 11) is -1.95. The normalized spacial score (nSPS) is 18.8. The van der Waals surface area contributed by atoms with Gasteiger partial charge in [0.05, 0.1) is 21.6 Å². The molecule has 2 fully saturated rings. The molecule has 5 rings (SSSR count). The maximum absolute atomic E-state index is 13.5. The Morgan fingerprint density at radius 2 is 1.76 bits per heavy atom. The van der Waals surface area contributed by atoms with Gasteiger partial charge in [0.15, 0.2) is 5.78 Å². The van der Waals surface area contributed by atoms with Crippen LogP contribution in [0.15, 0.2) is 46.7 Å². The Balaban J connectivity index is 1.35. The fourth-order valence-electron chi connectivity index (χ4n) is 6.20.